The minimum atomic E-state index is -1.26. The molecule has 0 unspecified atom stereocenters. The molecule has 0 aliphatic carbocycles. The van der Waals surface area contributed by atoms with E-state index in [2.05, 4.69) is 4.98 Å². The third kappa shape index (κ3) is 2.48. The van der Waals surface area contributed by atoms with Crippen LogP contribution in [0, 0.1) is 4.77 Å². The lowest BCUT2D eigenvalue weighted by Gasteiger charge is -2.19. The molecule has 0 spiro atoms. The van der Waals surface area contributed by atoms with Gasteiger partial charge in [-0.05, 0) is 12.2 Å². The van der Waals surface area contributed by atoms with Gasteiger partial charge in [0, 0.05) is 11.8 Å². The third-order valence-corrected chi connectivity index (χ3v) is 3.32. The number of nitrogens with two attached hydrogens (primary N) is 1. The van der Waals surface area contributed by atoms with Gasteiger partial charge in [-0.15, -0.1) is 0 Å². The Balaban J connectivity index is 2.40. The first-order valence-electron chi connectivity index (χ1n) is 5.60. The van der Waals surface area contributed by atoms with Gasteiger partial charge >= 0.3 is 0 Å². The average molecular weight is 289 g/mol. The van der Waals surface area contributed by atoms with Gasteiger partial charge in [0.15, 0.2) is 6.23 Å². The zero-order valence-corrected chi connectivity index (χ0v) is 10.7. The van der Waals surface area contributed by atoms with E-state index in [1.807, 2.05) is 0 Å². The van der Waals surface area contributed by atoms with E-state index < -0.39 is 31.1 Å². The number of aliphatic hydroxyl groups excluding tert-OH is 4. The largest absolute Gasteiger partial charge is 0.394 e. The summed E-state index contributed by atoms with van der Waals surface area (Å²) >= 11 is 5.01. The lowest BCUT2D eigenvalue weighted by molar-refractivity contribution is -0.0542. The molecular weight excluding hydrogens is 274 g/mol. The minimum Gasteiger partial charge on any atom is -0.394 e. The van der Waals surface area contributed by atoms with E-state index in [1.165, 1.54) is 10.8 Å². The van der Waals surface area contributed by atoms with Gasteiger partial charge in [-0.2, -0.15) is 0 Å². The van der Waals surface area contributed by atoms with Crippen molar-refractivity contribution < 1.29 is 25.2 Å². The van der Waals surface area contributed by atoms with Crippen molar-refractivity contribution in [2.24, 2.45) is 0 Å². The number of anilines is 1. The Morgan fingerprint density at radius 2 is 2.05 bits per heavy atom. The summed E-state index contributed by atoms with van der Waals surface area (Å²) in [6.07, 6.45) is -2.98. The summed E-state index contributed by atoms with van der Waals surface area (Å²) in [6, 6.07) is 0. The van der Waals surface area contributed by atoms with Crippen molar-refractivity contribution in [1.82, 2.24) is 9.55 Å². The first-order chi connectivity index (χ1) is 8.99. The van der Waals surface area contributed by atoms with Crippen LogP contribution in [0.15, 0.2) is 6.20 Å². The van der Waals surface area contributed by atoms with E-state index >= 15 is 0 Å². The van der Waals surface area contributed by atoms with E-state index in [9.17, 15) is 10.2 Å². The van der Waals surface area contributed by atoms with Crippen molar-refractivity contribution in [1.29, 1.82) is 0 Å². The fourth-order valence-electron chi connectivity index (χ4n) is 1.94. The monoisotopic (exact) mass is 289 g/mol. The highest BCUT2D eigenvalue weighted by Crippen LogP contribution is 2.29. The molecule has 6 N–H and O–H groups in total. The van der Waals surface area contributed by atoms with Crippen LogP contribution >= 0.6 is 12.2 Å². The molecule has 106 valence electrons. The Hall–Kier alpha value is -1.10. The van der Waals surface area contributed by atoms with Crippen molar-refractivity contribution in [2.75, 3.05) is 12.3 Å². The summed E-state index contributed by atoms with van der Waals surface area (Å²) in [4.78, 5) is 3.86. The first-order valence-corrected chi connectivity index (χ1v) is 6.01. The number of hydrogen-bond acceptors (Lipinski definition) is 8. The van der Waals surface area contributed by atoms with Gasteiger partial charge in [0.05, 0.1) is 13.2 Å². The van der Waals surface area contributed by atoms with Gasteiger partial charge < -0.3 is 30.9 Å². The maximum Gasteiger partial charge on any atom is 0.203 e. The van der Waals surface area contributed by atoms with Gasteiger partial charge in [0.1, 0.15) is 24.1 Å². The van der Waals surface area contributed by atoms with E-state index in [0.717, 1.165) is 0 Å². The lowest BCUT2D eigenvalue weighted by Crippen LogP contribution is -2.33. The molecule has 1 aromatic rings. The summed E-state index contributed by atoms with van der Waals surface area (Å²) in [5.41, 5.74) is 5.90. The molecule has 1 aliphatic heterocycles. The Morgan fingerprint density at radius 3 is 2.58 bits per heavy atom. The predicted octanol–water partition coefficient (Wildman–Crippen LogP) is -1.70. The summed E-state index contributed by atoms with van der Waals surface area (Å²) < 4.78 is 6.66. The van der Waals surface area contributed by atoms with Crippen molar-refractivity contribution >= 4 is 18.0 Å². The topological polar surface area (TPSA) is 134 Å². The summed E-state index contributed by atoms with van der Waals surface area (Å²) in [7, 11) is 0. The molecule has 19 heavy (non-hydrogen) atoms. The Morgan fingerprint density at radius 1 is 1.37 bits per heavy atom. The number of ether oxygens (including phenoxy) is 1. The highest BCUT2D eigenvalue weighted by atomic mass is 32.1. The summed E-state index contributed by atoms with van der Waals surface area (Å²) in [5.74, 6) is 0.0930. The normalized spacial score (nSPS) is 30.7. The Kier molecular flexibility index (Phi) is 4.13. The fourth-order valence-corrected chi connectivity index (χ4v) is 2.19. The molecule has 9 heteroatoms. The van der Waals surface area contributed by atoms with Crippen LogP contribution in [0.1, 0.15) is 11.8 Å². The number of aliphatic hydroxyl groups is 4. The third-order valence-electron chi connectivity index (χ3n) is 3.02. The number of nitrogens with zero attached hydrogens (tertiary/aromatic N) is 2. The molecular formula is C10H15N3O5S. The molecule has 2 heterocycles. The molecule has 1 aliphatic rings. The van der Waals surface area contributed by atoms with Gasteiger partial charge in [0.2, 0.25) is 4.77 Å². The van der Waals surface area contributed by atoms with Gasteiger partial charge in [0.25, 0.3) is 0 Å². The van der Waals surface area contributed by atoms with Crippen LogP contribution in [0.5, 0.6) is 0 Å². The molecule has 2 rings (SSSR count). The van der Waals surface area contributed by atoms with Crippen LogP contribution in [0.3, 0.4) is 0 Å². The Bertz CT molecular complexity index is 522. The first kappa shape index (κ1) is 14.3. The summed E-state index contributed by atoms with van der Waals surface area (Å²) in [5, 5.41) is 37.7. The Labute approximate surface area is 113 Å². The van der Waals surface area contributed by atoms with Crippen LogP contribution in [-0.4, -0.2) is 54.9 Å². The average Bonchev–Trinajstić information content (AvgIpc) is 2.67. The van der Waals surface area contributed by atoms with E-state index in [4.69, 9.17) is 32.9 Å². The maximum atomic E-state index is 9.89. The molecule has 0 aromatic carbocycles. The second-order valence-corrected chi connectivity index (χ2v) is 4.59. The number of nitrogen functional groups attached to an aromatic ring is 1. The van der Waals surface area contributed by atoms with Crippen molar-refractivity contribution in [3.63, 3.8) is 0 Å². The molecule has 1 aromatic heterocycles. The van der Waals surface area contributed by atoms with E-state index in [1.54, 1.807) is 0 Å². The quantitative estimate of drug-likeness (QED) is 0.416. The number of aromatic nitrogens is 2. The minimum absolute atomic E-state index is 0.0459. The highest BCUT2D eigenvalue weighted by Gasteiger charge is 2.43. The predicted molar refractivity (Wildman–Crippen MR) is 66.4 cm³/mol. The van der Waals surface area contributed by atoms with Gasteiger partial charge in [-0.3, -0.25) is 4.57 Å². The number of hydrogen-bond donors (Lipinski definition) is 5. The second-order valence-electron chi connectivity index (χ2n) is 4.23. The van der Waals surface area contributed by atoms with Crippen molar-refractivity contribution in [2.45, 2.75) is 31.1 Å². The van der Waals surface area contributed by atoms with Crippen LogP contribution in [0.4, 0.5) is 5.82 Å². The molecule has 0 saturated carbocycles. The SMILES string of the molecule is Nc1nc(=S)n([C@@H]2O[C@H](CO)[C@@H](O)[C@H]2O)cc1CO. The molecule has 0 bridgehead atoms. The molecule has 1 fully saturated rings. The number of rotatable bonds is 3. The standard InChI is InChI=1S/C10H15N3O5S/c11-8-4(2-14)1-13(10(19)12-8)9-7(17)6(16)5(3-15)18-9/h1,5-7,9,14-17H,2-3H2,(H2,11,12,19)/t5-,6-,7-,9-/m1/s1. The lowest BCUT2D eigenvalue weighted by atomic mass is 10.1. The smallest absolute Gasteiger partial charge is 0.203 e. The van der Waals surface area contributed by atoms with Crippen molar-refractivity contribution in [3.05, 3.63) is 16.5 Å². The molecule has 4 atom stereocenters. The van der Waals surface area contributed by atoms with Crippen molar-refractivity contribution in [3.8, 4) is 0 Å². The highest BCUT2D eigenvalue weighted by molar-refractivity contribution is 7.71. The van der Waals surface area contributed by atoms with Gasteiger partial charge in [-0.1, -0.05) is 0 Å². The van der Waals surface area contributed by atoms with Crippen LogP contribution in [0.2, 0.25) is 0 Å². The molecule has 8 nitrogen and oxygen atoms in total. The second kappa shape index (κ2) is 5.49. The van der Waals surface area contributed by atoms with E-state index in [0.29, 0.717) is 5.56 Å². The fraction of sp³-hybridized carbons (Fsp3) is 0.600. The maximum absolute atomic E-state index is 9.89. The van der Waals surface area contributed by atoms with Crippen LogP contribution in [0.25, 0.3) is 0 Å². The molecule has 1 saturated heterocycles. The summed E-state index contributed by atoms with van der Waals surface area (Å²) in [6.45, 7) is -0.777. The van der Waals surface area contributed by atoms with Gasteiger partial charge in [-0.25, -0.2) is 4.98 Å². The van der Waals surface area contributed by atoms with E-state index in [-0.39, 0.29) is 17.2 Å². The van der Waals surface area contributed by atoms with Crippen LogP contribution < -0.4 is 5.73 Å². The molecule has 0 amide bonds. The van der Waals surface area contributed by atoms with Crippen LogP contribution in [-0.2, 0) is 11.3 Å². The zero-order chi connectivity index (χ0) is 14.2. The zero-order valence-electron chi connectivity index (χ0n) is 9.88. The molecule has 0 radical (unpaired) electrons.